The van der Waals surface area contributed by atoms with Crippen LogP contribution in [-0.4, -0.2) is 31.0 Å². The van der Waals surface area contributed by atoms with E-state index in [1.165, 1.54) is 0 Å². The van der Waals surface area contributed by atoms with Gasteiger partial charge in [0.2, 0.25) is 6.04 Å². The molecule has 21 heavy (non-hydrogen) atoms. The standard InChI is InChI=1S/C12H12F6N2O/c13-11(14,15)9(12(16,17)18)20-10(21)19-7-6-8-4-2-1-3-5-8/h1-5,9H,6-7H2,(H2,19,20,21). The van der Waals surface area contributed by atoms with Crippen LogP contribution in [0, 0.1) is 0 Å². The lowest BCUT2D eigenvalue weighted by atomic mass is 10.1. The fourth-order valence-electron chi connectivity index (χ4n) is 1.50. The van der Waals surface area contributed by atoms with Gasteiger partial charge in [-0.25, -0.2) is 4.79 Å². The molecule has 0 fully saturated rings. The first kappa shape index (κ1) is 17.1. The molecule has 0 unspecified atom stereocenters. The van der Waals surface area contributed by atoms with Gasteiger partial charge >= 0.3 is 18.4 Å². The van der Waals surface area contributed by atoms with Crippen LogP contribution in [0.5, 0.6) is 0 Å². The molecule has 0 spiro atoms. The quantitative estimate of drug-likeness (QED) is 0.824. The first-order valence-corrected chi connectivity index (χ1v) is 5.82. The molecule has 118 valence electrons. The summed E-state index contributed by atoms with van der Waals surface area (Å²) in [6.45, 7) is -0.0850. The van der Waals surface area contributed by atoms with Crippen molar-refractivity contribution in [3.05, 3.63) is 35.9 Å². The van der Waals surface area contributed by atoms with E-state index < -0.39 is 24.4 Å². The zero-order chi connectivity index (χ0) is 16.1. The van der Waals surface area contributed by atoms with E-state index in [-0.39, 0.29) is 13.0 Å². The average Bonchev–Trinajstić information content (AvgIpc) is 2.34. The Morgan fingerprint density at radius 1 is 1.00 bits per heavy atom. The first-order chi connectivity index (χ1) is 9.60. The van der Waals surface area contributed by atoms with Crippen LogP contribution in [0.2, 0.25) is 0 Å². The third-order valence-corrected chi connectivity index (χ3v) is 2.47. The maximum Gasteiger partial charge on any atom is 0.417 e. The van der Waals surface area contributed by atoms with E-state index in [9.17, 15) is 31.1 Å². The Hall–Kier alpha value is -1.93. The fourth-order valence-corrected chi connectivity index (χ4v) is 1.50. The molecule has 9 heteroatoms. The third kappa shape index (κ3) is 5.92. The molecule has 0 aliphatic heterocycles. The summed E-state index contributed by atoms with van der Waals surface area (Å²) in [5.74, 6) is 0. The molecule has 2 N–H and O–H groups in total. The molecule has 0 saturated heterocycles. The number of urea groups is 1. The Morgan fingerprint density at radius 2 is 1.52 bits per heavy atom. The molecular weight excluding hydrogens is 302 g/mol. The third-order valence-electron chi connectivity index (χ3n) is 2.47. The summed E-state index contributed by atoms with van der Waals surface area (Å²) in [7, 11) is 0. The summed E-state index contributed by atoms with van der Waals surface area (Å²) in [6, 6.07) is 3.22. The summed E-state index contributed by atoms with van der Waals surface area (Å²) >= 11 is 0. The number of rotatable bonds is 4. The van der Waals surface area contributed by atoms with E-state index in [4.69, 9.17) is 0 Å². The molecule has 0 aliphatic rings. The van der Waals surface area contributed by atoms with E-state index >= 15 is 0 Å². The van der Waals surface area contributed by atoms with Gasteiger partial charge in [-0.3, -0.25) is 0 Å². The maximum atomic E-state index is 12.2. The lowest BCUT2D eigenvalue weighted by molar-refractivity contribution is -0.255. The Kier molecular flexibility index (Phi) is 5.45. The largest absolute Gasteiger partial charge is 0.417 e. The number of hydrogen-bond acceptors (Lipinski definition) is 1. The van der Waals surface area contributed by atoms with Gasteiger partial charge in [-0.1, -0.05) is 30.3 Å². The molecule has 3 nitrogen and oxygen atoms in total. The van der Waals surface area contributed by atoms with Crippen molar-refractivity contribution in [2.45, 2.75) is 24.8 Å². The summed E-state index contributed by atoms with van der Waals surface area (Å²) < 4.78 is 73.2. The topological polar surface area (TPSA) is 41.1 Å². The SMILES string of the molecule is O=C(NCCc1ccccc1)NC(C(F)(F)F)C(F)(F)F. The zero-order valence-corrected chi connectivity index (χ0v) is 10.6. The van der Waals surface area contributed by atoms with Crippen LogP contribution in [-0.2, 0) is 6.42 Å². The number of nitrogens with one attached hydrogen (secondary N) is 2. The Balaban J connectivity index is 2.48. The van der Waals surface area contributed by atoms with Crippen LogP contribution in [0.15, 0.2) is 30.3 Å². The highest BCUT2D eigenvalue weighted by molar-refractivity contribution is 5.74. The number of amides is 2. The highest BCUT2D eigenvalue weighted by Gasteiger charge is 2.57. The van der Waals surface area contributed by atoms with Crippen molar-refractivity contribution < 1.29 is 31.1 Å². The molecule has 0 aromatic heterocycles. The number of carbonyl (C=O) groups is 1. The molecule has 0 aliphatic carbocycles. The van der Waals surface area contributed by atoms with Crippen molar-refractivity contribution in [3.8, 4) is 0 Å². The highest BCUT2D eigenvalue weighted by atomic mass is 19.4. The monoisotopic (exact) mass is 314 g/mol. The van der Waals surface area contributed by atoms with Gasteiger partial charge in [0.15, 0.2) is 0 Å². The van der Waals surface area contributed by atoms with E-state index in [0.717, 1.165) is 10.9 Å². The van der Waals surface area contributed by atoms with Gasteiger partial charge in [0.25, 0.3) is 0 Å². The predicted octanol–water partition coefficient (Wildman–Crippen LogP) is 3.02. The molecule has 1 aromatic rings. The molecule has 0 radical (unpaired) electrons. The van der Waals surface area contributed by atoms with Crippen LogP contribution in [0.25, 0.3) is 0 Å². The van der Waals surface area contributed by atoms with Gasteiger partial charge in [-0.05, 0) is 12.0 Å². The minimum Gasteiger partial charge on any atom is -0.338 e. The molecule has 1 rings (SSSR count). The van der Waals surface area contributed by atoms with Gasteiger partial charge < -0.3 is 10.6 Å². The Morgan fingerprint density at radius 3 is 2.00 bits per heavy atom. The molecule has 0 atom stereocenters. The molecule has 2 amide bonds. The van der Waals surface area contributed by atoms with Crippen LogP contribution in [0.3, 0.4) is 0 Å². The second kappa shape index (κ2) is 6.68. The van der Waals surface area contributed by atoms with E-state index in [1.54, 1.807) is 30.3 Å². The molecule has 0 heterocycles. The van der Waals surface area contributed by atoms with E-state index in [1.807, 2.05) is 5.32 Å². The lowest BCUT2D eigenvalue weighted by Gasteiger charge is -2.23. The average molecular weight is 314 g/mol. The molecule has 1 aromatic carbocycles. The molecule has 0 saturated carbocycles. The van der Waals surface area contributed by atoms with Crippen molar-refractivity contribution in [1.82, 2.24) is 10.6 Å². The van der Waals surface area contributed by atoms with Crippen molar-refractivity contribution in [2.75, 3.05) is 6.54 Å². The van der Waals surface area contributed by atoms with Gasteiger partial charge in [-0.15, -0.1) is 0 Å². The fraction of sp³-hybridized carbons (Fsp3) is 0.417. The highest BCUT2D eigenvalue weighted by Crippen LogP contribution is 2.32. The van der Waals surface area contributed by atoms with Crippen LogP contribution in [0.4, 0.5) is 31.1 Å². The van der Waals surface area contributed by atoms with Crippen molar-refractivity contribution in [3.63, 3.8) is 0 Å². The van der Waals surface area contributed by atoms with Crippen molar-refractivity contribution in [1.29, 1.82) is 0 Å². The number of hydrogen-bond donors (Lipinski definition) is 2. The van der Waals surface area contributed by atoms with Crippen molar-refractivity contribution in [2.24, 2.45) is 0 Å². The molecular formula is C12H12F6N2O. The van der Waals surface area contributed by atoms with Gasteiger partial charge in [-0.2, -0.15) is 26.3 Å². The summed E-state index contributed by atoms with van der Waals surface area (Å²) in [6.07, 6.45) is -10.9. The second-order valence-electron chi connectivity index (χ2n) is 4.15. The Bertz CT molecular complexity index is 443. The summed E-state index contributed by atoms with van der Waals surface area (Å²) in [4.78, 5) is 11.1. The summed E-state index contributed by atoms with van der Waals surface area (Å²) in [5.41, 5.74) is 0.793. The van der Waals surface area contributed by atoms with Gasteiger partial charge in [0.1, 0.15) is 0 Å². The number of carbonyl (C=O) groups excluding carboxylic acids is 1. The smallest absolute Gasteiger partial charge is 0.338 e. The van der Waals surface area contributed by atoms with Crippen LogP contribution in [0.1, 0.15) is 5.56 Å². The van der Waals surface area contributed by atoms with Crippen LogP contribution < -0.4 is 10.6 Å². The van der Waals surface area contributed by atoms with E-state index in [2.05, 4.69) is 0 Å². The van der Waals surface area contributed by atoms with E-state index in [0.29, 0.717) is 0 Å². The number of benzene rings is 1. The number of alkyl halides is 6. The lowest BCUT2D eigenvalue weighted by Crippen LogP contribution is -2.57. The maximum absolute atomic E-state index is 12.2. The van der Waals surface area contributed by atoms with Gasteiger partial charge in [0.05, 0.1) is 0 Å². The van der Waals surface area contributed by atoms with Gasteiger partial charge in [0, 0.05) is 6.54 Å². The zero-order valence-electron chi connectivity index (χ0n) is 10.6. The summed E-state index contributed by atoms with van der Waals surface area (Å²) in [5, 5.41) is 2.84. The van der Waals surface area contributed by atoms with Crippen LogP contribution >= 0.6 is 0 Å². The number of halogens is 6. The van der Waals surface area contributed by atoms with Crippen molar-refractivity contribution >= 4 is 6.03 Å². The minimum atomic E-state index is -5.60. The normalized spacial score (nSPS) is 12.3. The second-order valence-corrected chi connectivity index (χ2v) is 4.15. The predicted molar refractivity (Wildman–Crippen MR) is 62.6 cm³/mol. The molecule has 0 bridgehead atoms. The Labute approximate surface area is 116 Å². The minimum absolute atomic E-state index is 0.0850. The first-order valence-electron chi connectivity index (χ1n) is 5.82.